The Morgan fingerprint density at radius 2 is 2.00 bits per heavy atom. The van der Waals surface area contributed by atoms with Crippen molar-refractivity contribution >= 4 is 15.9 Å². The van der Waals surface area contributed by atoms with Gasteiger partial charge >= 0.3 is 0 Å². The van der Waals surface area contributed by atoms with E-state index in [-0.39, 0.29) is 0 Å². The molecule has 0 saturated heterocycles. The molecule has 3 heteroatoms. The number of halogens is 1. The minimum Gasteiger partial charge on any atom is -0.236 e. The summed E-state index contributed by atoms with van der Waals surface area (Å²) in [6, 6.07) is 10.7. The van der Waals surface area contributed by atoms with E-state index in [0.29, 0.717) is 0 Å². The Kier molecular flexibility index (Phi) is 2.93. The Morgan fingerprint density at radius 1 is 1.12 bits per heavy atom. The van der Waals surface area contributed by atoms with Crippen molar-refractivity contribution in [2.24, 2.45) is 0 Å². The first-order valence-corrected chi connectivity index (χ1v) is 6.70. The minimum atomic E-state index is 0.764. The van der Waals surface area contributed by atoms with Crippen LogP contribution in [0, 0.1) is 0 Å². The molecule has 0 unspecified atom stereocenters. The van der Waals surface area contributed by atoms with Gasteiger partial charge in [0.15, 0.2) is 0 Å². The normalized spacial score (nSPS) is 15.6. The van der Waals surface area contributed by atoms with Crippen LogP contribution in [-0.2, 0) is 0 Å². The van der Waals surface area contributed by atoms with Crippen LogP contribution in [-0.4, -0.2) is 9.97 Å². The molecule has 1 aliphatic carbocycles. The van der Waals surface area contributed by atoms with Crippen molar-refractivity contribution in [3.8, 4) is 11.3 Å². The zero-order chi connectivity index (χ0) is 11.7. The quantitative estimate of drug-likeness (QED) is 0.775. The second kappa shape index (κ2) is 4.57. The molecule has 0 radical (unpaired) electrons. The van der Waals surface area contributed by atoms with Gasteiger partial charge in [0.25, 0.3) is 0 Å². The fourth-order valence-electron chi connectivity index (χ4n) is 2.18. The predicted octanol–water partition coefficient (Wildman–Crippen LogP) is 4.17. The third-order valence-electron chi connectivity index (χ3n) is 3.39. The molecule has 3 rings (SSSR count). The largest absolute Gasteiger partial charge is 0.236 e. The van der Waals surface area contributed by atoms with Gasteiger partial charge in [-0.3, -0.25) is 0 Å². The lowest BCUT2D eigenvalue weighted by Gasteiger charge is -2.26. The van der Waals surface area contributed by atoms with Crippen molar-refractivity contribution in [3.05, 3.63) is 46.8 Å². The van der Waals surface area contributed by atoms with Gasteiger partial charge in [-0.1, -0.05) is 24.6 Å². The molecule has 1 aromatic heterocycles. The maximum absolute atomic E-state index is 4.31. The number of benzene rings is 1. The summed E-state index contributed by atoms with van der Waals surface area (Å²) < 4.78 is 0.830. The SMILES string of the molecule is Brc1cc(-c2cccc(C3CCC3)c2)ncn1. The van der Waals surface area contributed by atoms with E-state index >= 15 is 0 Å². The number of nitrogens with zero attached hydrogens (tertiary/aromatic N) is 2. The summed E-state index contributed by atoms with van der Waals surface area (Å²) >= 11 is 3.38. The highest BCUT2D eigenvalue weighted by molar-refractivity contribution is 9.10. The molecule has 0 atom stereocenters. The maximum atomic E-state index is 4.31. The minimum absolute atomic E-state index is 0.764. The summed E-state index contributed by atoms with van der Waals surface area (Å²) in [5.74, 6) is 0.764. The van der Waals surface area contributed by atoms with Gasteiger partial charge in [0.1, 0.15) is 10.9 Å². The van der Waals surface area contributed by atoms with E-state index in [4.69, 9.17) is 0 Å². The summed E-state index contributed by atoms with van der Waals surface area (Å²) in [7, 11) is 0. The summed E-state index contributed by atoms with van der Waals surface area (Å²) in [5, 5.41) is 0. The Labute approximate surface area is 109 Å². The van der Waals surface area contributed by atoms with E-state index in [1.807, 2.05) is 6.07 Å². The number of aromatic nitrogens is 2. The highest BCUT2D eigenvalue weighted by Crippen LogP contribution is 2.37. The van der Waals surface area contributed by atoms with Crippen LogP contribution in [0.3, 0.4) is 0 Å². The summed E-state index contributed by atoms with van der Waals surface area (Å²) in [6.07, 6.45) is 5.62. The molecule has 2 nitrogen and oxygen atoms in total. The van der Waals surface area contributed by atoms with E-state index < -0.39 is 0 Å². The molecule has 1 aliphatic rings. The van der Waals surface area contributed by atoms with Gasteiger partial charge in [-0.15, -0.1) is 0 Å². The molecule has 86 valence electrons. The summed E-state index contributed by atoms with van der Waals surface area (Å²) in [6.45, 7) is 0. The summed E-state index contributed by atoms with van der Waals surface area (Å²) in [5.41, 5.74) is 3.61. The first kappa shape index (κ1) is 10.9. The fourth-order valence-corrected chi connectivity index (χ4v) is 2.49. The lowest BCUT2D eigenvalue weighted by Crippen LogP contribution is -2.08. The van der Waals surface area contributed by atoms with Crippen molar-refractivity contribution in [1.82, 2.24) is 9.97 Å². The zero-order valence-electron chi connectivity index (χ0n) is 9.44. The average molecular weight is 289 g/mol. The van der Waals surface area contributed by atoms with Crippen LogP contribution in [0.2, 0.25) is 0 Å². The molecular formula is C14H13BrN2. The van der Waals surface area contributed by atoms with Crippen LogP contribution in [0.1, 0.15) is 30.7 Å². The average Bonchev–Trinajstić information content (AvgIpc) is 2.27. The molecule has 0 amide bonds. The van der Waals surface area contributed by atoms with Crippen LogP contribution in [0.15, 0.2) is 41.3 Å². The van der Waals surface area contributed by atoms with E-state index in [0.717, 1.165) is 16.2 Å². The highest BCUT2D eigenvalue weighted by atomic mass is 79.9. The second-order valence-electron chi connectivity index (χ2n) is 4.48. The molecule has 0 aliphatic heterocycles. The molecule has 0 bridgehead atoms. The van der Waals surface area contributed by atoms with Crippen LogP contribution in [0.25, 0.3) is 11.3 Å². The van der Waals surface area contributed by atoms with Crippen molar-refractivity contribution in [1.29, 1.82) is 0 Å². The third kappa shape index (κ3) is 2.25. The zero-order valence-corrected chi connectivity index (χ0v) is 11.0. The van der Waals surface area contributed by atoms with E-state index in [1.165, 1.54) is 30.4 Å². The molecule has 0 spiro atoms. The van der Waals surface area contributed by atoms with Gasteiger partial charge < -0.3 is 0 Å². The molecular weight excluding hydrogens is 276 g/mol. The second-order valence-corrected chi connectivity index (χ2v) is 5.29. The van der Waals surface area contributed by atoms with Crippen LogP contribution < -0.4 is 0 Å². The maximum Gasteiger partial charge on any atom is 0.117 e. The van der Waals surface area contributed by atoms with Crippen molar-refractivity contribution < 1.29 is 0 Å². The van der Waals surface area contributed by atoms with Crippen LogP contribution in [0.5, 0.6) is 0 Å². The Hall–Kier alpha value is -1.22. The van der Waals surface area contributed by atoms with Gasteiger partial charge in [-0.25, -0.2) is 9.97 Å². The lowest BCUT2D eigenvalue weighted by atomic mass is 9.79. The van der Waals surface area contributed by atoms with Crippen molar-refractivity contribution in [3.63, 3.8) is 0 Å². The standard InChI is InChI=1S/C14H13BrN2/c15-14-8-13(16-9-17-14)12-6-2-5-11(7-12)10-3-1-4-10/h2,5-10H,1,3-4H2. The number of hydrogen-bond acceptors (Lipinski definition) is 2. The topological polar surface area (TPSA) is 25.8 Å². The highest BCUT2D eigenvalue weighted by Gasteiger charge is 2.19. The Balaban J connectivity index is 1.97. The predicted molar refractivity (Wildman–Crippen MR) is 71.8 cm³/mol. The molecule has 1 heterocycles. The Bertz CT molecular complexity index is 535. The van der Waals surface area contributed by atoms with Gasteiger partial charge in [0.2, 0.25) is 0 Å². The van der Waals surface area contributed by atoms with E-state index in [1.54, 1.807) is 6.33 Å². The molecule has 0 N–H and O–H groups in total. The summed E-state index contributed by atoms with van der Waals surface area (Å²) in [4.78, 5) is 8.37. The van der Waals surface area contributed by atoms with Gasteiger partial charge in [0, 0.05) is 5.56 Å². The van der Waals surface area contributed by atoms with Gasteiger partial charge in [-0.2, -0.15) is 0 Å². The van der Waals surface area contributed by atoms with Gasteiger partial charge in [-0.05, 0) is 52.4 Å². The van der Waals surface area contributed by atoms with Crippen LogP contribution in [0.4, 0.5) is 0 Å². The molecule has 1 fully saturated rings. The van der Waals surface area contributed by atoms with Crippen LogP contribution >= 0.6 is 15.9 Å². The third-order valence-corrected chi connectivity index (χ3v) is 3.83. The molecule has 1 aromatic carbocycles. The Morgan fingerprint density at radius 3 is 2.71 bits per heavy atom. The lowest BCUT2D eigenvalue weighted by molar-refractivity contribution is 0.420. The first-order valence-electron chi connectivity index (χ1n) is 5.91. The van der Waals surface area contributed by atoms with E-state index in [9.17, 15) is 0 Å². The smallest absolute Gasteiger partial charge is 0.117 e. The fraction of sp³-hybridized carbons (Fsp3) is 0.286. The number of hydrogen-bond donors (Lipinski definition) is 0. The molecule has 2 aromatic rings. The molecule has 17 heavy (non-hydrogen) atoms. The van der Waals surface area contributed by atoms with E-state index in [2.05, 4.69) is 50.2 Å². The van der Waals surface area contributed by atoms with Gasteiger partial charge in [0.05, 0.1) is 5.69 Å². The monoisotopic (exact) mass is 288 g/mol. The molecule has 1 saturated carbocycles. The number of rotatable bonds is 2. The van der Waals surface area contributed by atoms with Crippen molar-refractivity contribution in [2.75, 3.05) is 0 Å². The first-order chi connectivity index (χ1) is 8.33. The van der Waals surface area contributed by atoms with Crippen molar-refractivity contribution in [2.45, 2.75) is 25.2 Å².